The SMILES string of the molecule is CCCNC1CCC(CC)CC1Cc1c(C)cccc1C. The molecule has 1 aliphatic rings. The van der Waals surface area contributed by atoms with Gasteiger partial charge in [-0.25, -0.2) is 0 Å². The van der Waals surface area contributed by atoms with Crippen LogP contribution >= 0.6 is 0 Å². The van der Waals surface area contributed by atoms with E-state index in [1.54, 1.807) is 5.56 Å². The Bertz CT molecular complexity index is 417. The molecule has 0 saturated heterocycles. The highest BCUT2D eigenvalue weighted by molar-refractivity contribution is 5.34. The van der Waals surface area contributed by atoms with Crippen LogP contribution in [0.5, 0.6) is 0 Å². The van der Waals surface area contributed by atoms with E-state index in [-0.39, 0.29) is 0 Å². The highest BCUT2D eigenvalue weighted by Gasteiger charge is 2.29. The van der Waals surface area contributed by atoms with Crippen LogP contribution in [0.1, 0.15) is 62.6 Å². The van der Waals surface area contributed by atoms with Crippen LogP contribution in [0.2, 0.25) is 0 Å². The Labute approximate surface area is 131 Å². The summed E-state index contributed by atoms with van der Waals surface area (Å²) in [5.74, 6) is 1.76. The quantitative estimate of drug-likeness (QED) is 0.773. The summed E-state index contributed by atoms with van der Waals surface area (Å²) in [7, 11) is 0. The summed E-state index contributed by atoms with van der Waals surface area (Å²) in [5.41, 5.74) is 4.55. The van der Waals surface area contributed by atoms with Gasteiger partial charge in [-0.2, -0.15) is 0 Å². The number of nitrogens with one attached hydrogen (secondary N) is 1. The van der Waals surface area contributed by atoms with E-state index in [1.165, 1.54) is 56.2 Å². The van der Waals surface area contributed by atoms with Crippen molar-refractivity contribution in [3.05, 3.63) is 34.9 Å². The van der Waals surface area contributed by atoms with Gasteiger partial charge in [0.15, 0.2) is 0 Å². The lowest BCUT2D eigenvalue weighted by atomic mass is 9.73. The molecule has 0 spiro atoms. The number of hydrogen-bond acceptors (Lipinski definition) is 1. The third-order valence-electron chi connectivity index (χ3n) is 5.44. The van der Waals surface area contributed by atoms with Crippen LogP contribution in [0, 0.1) is 25.7 Å². The molecule has 3 unspecified atom stereocenters. The Morgan fingerprint density at radius 3 is 2.43 bits per heavy atom. The third-order valence-corrected chi connectivity index (χ3v) is 5.44. The van der Waals surface area contributed by atoms with Crippen molar-refractivity contribution < 1.29 is 0 Å². The monoisotopic (exact) mass is 287 g/mol. The first kappa shape index (κ1) is 16.5. The van der Waals surface area contributed by atoms with Crippen molar-refractivity contribution in [2.45, 2.75) is 72.3 Å². The van der Waals surface area contributed by atoms with Crippen molar-refractivity contribution in [3.8, 4) is 0 Å². The van der Waals surface area contributed by atoms with E-state index in [0.29, 0.717) is 0 Å². The summed E-state index contributed by atoms with van der Waals surface area (Å²) in [5, 5.41) is 3.83. The molecular weight excluding hydrogens is 254 g/mol. The van der Waals surface area contributed by atoms with E-state index < -0.39 is 0 Å². The van der Waals surface area contributed by atoms with Gasteiger partial charge in [0.1, 0.15) is 0 Å². The van der Waals surface area contributed by atoms with Gasteiger partial charge in [0, 0.05) is 6.04 Å². The Morgan fingerprint density at radius 1 is 1.10 bits per heavy atom. The molecule has 21 heavy (non-hydrogen) atoms. The molecule has 1 fully saturated rings. The lowest BCUT2D eigenvalue weighted by molar-refractivity contribution is 0.198. The van der Waals surface area contributed by atoms with Crippen molar-refractivity contribution in [2.75, 3.05) is 6.54 Å². The van der Waals surface area contributed by atoms with Crippen LogP contribution in [0.15, 0.2) is 18.2 Å². The first-order chi connectivity index (χ1) is 10.2. The van der Waals surface area contributed by atoms with E-state index in [2.05, 4.69) is 51.2 Å². The van der Waals surface area contributed by atoms with Crippen LogP contribution in [0.25, 0.3) is 0 Å². The fourth-order valence-electron chi connectivity index (χ4n) is 3.99. The van der Waals surface area contributed by atoms with Crippen molar-refractivity contribution in [1.82, 2.24) is 5.32 Å². The highest BCUT2D eigenvalue weighted by Crippen LogP contribution is 2.34. The van der Waals surface area contributed by atoms with Crippen LogP contribution < -0.4 is 5.32 Å². The van der Waals surface area contributed by atoms with Crippen molar-refractivity contribution >= 4 is 0 Å². The summed E-state index contributed by atoms with van der Waals surface area (Å²) >= 11 is 0. The third kappa shape index (κ3) is 4.32. The van der Waals surface area contributed by atoms with Gasteiger partial charge in [0.2, 0.25) is 0 Å². The summed E-state index contributed by atoms with van der Waals surface area (Å²) in [4.78, 5) is 0. The molecule has 1 aromatic rings. The second kappa shape index (κ2) is 7.98. The predicted molar refractivity (Wildman–Crippen MR) is 92.8 cm³/mol. The standard InChI is InChI=1S/C20H33N/c1-5-12-21-20-11-10-17(6-2)13-18(20)14-19-15(3)8-7-9-16(19)4/h7-9,17-18,20-21H,5-6,10-14H2,1-4H3. The summed E-state index contributed by atoms with van der Waals surface area (Å²) < 4.78 is 0. The highest BCUT2D eigenvalue weighted by atomic mass is 14.9. The largest absolute Gasteiger partial charge is 0.314 e. The first-order valence-electron chi connectivity index (χ1n) is 8.94. The molecule has 1 aromatic carbocycles. The van der Waals surface area contributed by atoms with E-state index in [1.807, 2.05) is 0 Å². The maximum atomic E-state index is 3.83. The van der Waals surface area contributed by atoms with Gasteiger partial charge in [-0.05, 0) is 81.0 Å². The van der Waals surface area contributed by atoms with Crippen molar-refractivity contribution in [2.24, 2.45) is 11.8 Å². The number of aryl methyl sites for hydroxylation is 2. The number of hydrogen-bond donors (Lipinski definition) is 1. The van der Waals surface area contributed by atoms with Crippen LogP contribution in [0.3, 0.4) is 0 Å². The maximum Gasteiger partial charge on any atom is 0.00987 e. The van der Waals surface area contributed by atoms with E-state index in [9.17, 15) is 0 Å². The number of benzene rings is 1. The zero-order valence-corrected chi connectivity index (χ0v) is 14.4. The Morgan fingerprint density at radius 2 is 1.81 bits per heavy atom. The second-order valence-corrected chi connectivity index (χ2v) is 6.98. The Balaban J connectivity index is 2.11. The Kier molecular flexibility index (Phi) is 6.29. The first-order valence-corrected chi connectivity index (χ1v) is 8.94. The molecule has 1 N–H and O–H groups in total. The van der Waals surface area contributed by atoms with Gasteiger partial charge < -0.3 is 5.32 Å². The molecule has 0 heterocycles. The molecule has 1 nitrogen and oxygen atoms in total. The second-order valence-electron chi connectivity index (χ2n) is 6.98. The predicted octanol–water partition coefficient (Wildman–Crippen LogP) is 5.04. The summed E-state index contributed by atoms with van der Waals surface area (Å²) in [6.07, 6.45) is 8.05. The lowest BCUT2D eigenvalue weighted by Crippen LogP contribution is -2.42. The van der Waals surface area contributed by atoms with Gasteiger partial charge in [-0.15, -0.1) is 0 Å². The molecule has 0 bridgehead atoms. The Hall–Kier alpha value is -0.820. The molecule has 0 amide bonds. The summed E-state index contributed by atoms with van der Waals surface area (Å²) in [6, 6.07) is 7.47. The molecular formula is C20H33N. The zero-order chi connectivity index (χ0) is 15.2. The molecule has 1 aliphatic carbocycles. The van der Waals surface area contributed by atoms with Gasteiger partial charge >= 0.3 is 0 Å². The molecule has 1 saturated carbocycles. The van der Waals surface area contributed by atoms with Gasteiger partial charge in [0.25, 0.3) is 0 Å². The molecule has 3 atom stereocenters. The topological polar surface area (TPSA) is 12.0 Å². The maximum absolute atomic E-state index is 3.83. The molecule has 2 rings (SSSR count). The molecule has 0 aromatic heterocycles. The lowest BCUT2D eigenvalue weighted by Gasteiger charge is -2.37. The fourth-order valence-corrected chi connectivity index (χ4v) is 3.99. The zero-order valence-electron chi connectivity index (χ0n) is 14.4. The minimum atomic E-state index is 0.728. The van der Waals surface area contributed by atoms with Crippen LogP contribution in [0.4, 0.5) is 0 Å². The van der Waals surface area contributed by atoms with E-state index >= 15 is 0 Å². The molecule has 118 valence electrons. The van der Waals surface area contributed by atoms with E-state index in [4.69, 9.17) is 0 Å². The number of rotatable bonds is 6. The molecule has 0 radical (unpaired) electrons. The minimum Gasteiger partial charge on any atom is -0.314 e. The van der Waals surface area contributed by atoms with Crippen LogP contribution in [-0.2, 0) is 6.42 Å². The van der Waals surface area contributed by atoms with Crippen LogP contribution in [-0.4, -0.2) is 12.6 Å². The minimum absolute atomic E-state index is 0.728. The van der Waals surface area contributed by atoms with Gasteiger partial charge in [-0.1, -0.05) is 38.5 Å². The smallest absolute Gasteiger partial charge is 0.00987 e. The fraction of sp³-hybridized carbons (Fsp3) is 0.700. The average molecular weight is 287 g/mol. The van der Waals surface area contributed by atoms with E-state index in [0.717, 1.165) is 17.9 Å². The average Bonchev–Trinajstić information content (AvgIpc) is 2.49. The van der Waals surface area contributed by atoms with Gasteiger partial charge in [0.05, 0.1) is 0 Å². The molecule has 0 aliphatic heterocycles. The normalized spacial score (nSPS) is 26.0. The van der Waals surface area contributed by atoms with Crippen molar-refractivity contribution in [1.29, 1.82) is 0 Å². The van der Waals surface area contributed by atoms with Gasteiger partial charge in [-0.3, -0.25) is 0 Å². The summed E-state index contributed by atoms with van der Waals surface area (Å²) in [6.45, 7) is 10.4. The molecule has 1 heteroatoms. The van der Waals surface area contributed by atoms with Crippen molar-refractivity contribution in [3.63, 3.8) is 0 Å².